The zero-order chi connectivity index (χ0) is 19.2. The Hall–Kier alpha value is -2.45. The van der Waals surface area contributed by atoms with Gasteiger partial charge < -0.3 is 24.3 Å². The molecule has 8 heteroatoms. The van der Waals surface area contributed by atoms with Crippen LogP contribution in [0.4, 0.5) is 0 Å². The maximum absolute atomic E-state index is 12.2. The van der Waals surface area contributed by atoms with E-state index in [1.807, 2.05) is 41.4 Å². The monoisotopic (exact) mass is 388 g/mol. The van der Waals surface area contributed by atoms with Gasteiger partial charge >= 0.3 is 5.97 Å². The number of methoxy groups -OCH3 is 1. The SMILES string of the molecule is CCOC(=O)CN1C(=S)N[C@@H](c2ccccn2)[C@H]1c1cccn1CCOC. The summed E-state index contributed by atoms with van der Waals surface area (Å²) < 4.78 is 12.5. The number of nitrogens with one attached hydrogen (secondary N) is 1. The van der Waals surface area contributed by atoms with E-state index in [0.717, 1.165) is 11.4 Å². The van der Waals surface area contributed by atoms with E-state index in [2.05, 4.69) is 14.9 Å². The number of esters is 1. The molecule has 0 aliphatic carbocycles. The molecular formula is C19H24N4O3S. The van der Waals surface area contributed by atoms with Gasteiger partial charge in [-0.2, -0.15) is 0 Å². The van der Waals surface area contributed by atoms with Crippen molar-refractivity contribution >= 4 is 23.3 Å². The van der Waals surface area contributed by atoms with E-state index in [1.165, 1.54) is 0 Å². The first-order valence-electron chi connectivity index (χ1n) is 8.93. The first-order valence-corrected chi connectivity index (χ1v) is 9.34. The number of ether oxygens (including phenoxy) is 2. The molecule has 0 aromatic carbocycles. The van der Waals surface area contributed by atoms with E-state index in [-0.39, 0.29) is 24.6 Å². The summed E-state index contributed by atoms with van der Waals surface area (Å²) in [7, 11) is 1.68. The molecule has 144 valence electrons. The van der Waals surface area contributed by atoms with E-state index >= 15 is 0 Å². The van der Waals surface area contributed by atoms with Crippen LogP contribution < -0.4 is 5.32 Å². The van der Waals surface area contributed by atoms with E-state index in [4.69, 9.17) is 21.7 Å². The summed E-state index contributed by atoms with van der Waals surface area (Å²) in [6.45, 7) is 3.53. The second kappa shape index (κ2) is 8.96. The molecule has 2 atom stereocenters. The van der Waals surface area contributed by atoms with Crippen molar-refractivity contribution in [3.8, 4) is 0 Å². The van der Waals surface area contributed by atoms with Crippen molar-refractivity contribution in [2.24, 2.45) is 0 Å². The van der Waals surface area contributed by atoms with Gasteiger partial charge in [0, 0.05) is 31.7 Å². The van der Waals surface area contributed by atoms with E-state index in [1.54, 1.807) is 20.2 Å². The fraction of sp³-hybridized carbons (Fsp3) is 0.421. The van der Waals surface area contributed by atoms with Crippen LogP contribution in [0.15, 0.2) is 42.7 Å². The number of aromatic nitrogens is 2. The molecule has 7 nitrogen and oxygen atoms in total. The number of carbonyl (C=O) groups excluding carboxylic acids is 1. The third-order valence-corrected chi connectivity index (χ3v) is 4.86. The number of rotatable bonds is 8. The van der Waals surface area contributed by atoms with Gasteiger partial charge in [0.05, 0.1) is 31.0 Å². The summed E-state index contributed by atoms with van der Waals surface area (Å²) in [6.07, 6.45) is 3.77. The van der Waals surface area contributed by atoms with Crippen LogP contribution in [-0.4, -0.2) is 52.4 Å². The Bertz CT molecular complexity index is 780. The third kappa shape index (κ3) is 4.28. The Labute approximate surface area is 164 Å². The lowest BCUT2D eigenvalue weighted by atomic mass is 10.0. The Morgan fingerprint density at radius 3 is 2.89 bits per heavy atom. The van der Waals surface area contributed by atoms with Crippen LogP contribution in [0.1, 0.15) is 30.4 Å². The predicted octanol–water partition coefficient (Wildman–Crippen LogP) is 2.07. The summed E-state index contributed by atoms with van der Waals surface area (Å²) in [5, 5.41) is 3.85. The molecule has 0 amide bonds. The van der Waals surface area contributed by atoms with Crippen LogP contribution in [0, 0.1) is 0 Å². The molecule has 1 aliphatic rings. The molecule has 1 fully saturated rings. The lowest BCUT2D eigenvalue weighted by Crippen LogP contribution is -2.36. The number of carbonyl (C=O) groups is 1. The van der Waals surface area contributed by atoms with E-state index in [0.29, 0.717) is 24.9 Å². The average molecular weight is 388 g/mol. The van der Waals surface area contributed by atoms with Gasteiger partial charge in [0.1, 0.15) is 6.54 Å². The van der Waals surface area contributed by atoms with Crippen LogP contribution in [0.25, 0.3) is 0 Å². The van der Waals surface area contributed by atoms with Crippen molar-refractivity contribution in [3.05, 3.63) is 54.1 Å². The highest BCUT2D eigenvalue weighted by molar-refractivity contribution is 7.80. The van der Waals surface area contributed by atoms with Crippen LogP contribution in [-0.2, 0) is 20.8 Å². The molecule has 2 aromatic heterocycles. The second-order valence-corrected chi connectivity index (χ2v) is 6.57. The maximum Gasteiger partial charge on any atom is 0.325 e. The summed E-state index contributed by atoms with van der Waals surface area (Å²) >= 11 is 5.55. The number of pyridine rings is 1. The molecular weight excluding hydrogens is 364 g/mol. The number of hydrogen-bond acceptors (Lipinski definition) is 5. The topological polar surface area (TPSA) is 68.6 Å². The lowest BCUT2D eigenvalue weighted by Gasteiger charge is -2.28. The summed E-state index contributed by atoms with van der Waals surface area (Å²) in [5.74, 6) is -0.302. The van der Waals surface area contributed by atoms with Gasteiger partial charge in [-0.15, -0.1) is 0 Å². The normalized spacial score (nSPS) is 19.2. The van der Waals surface area contributed by atoms with E-state index < -0.39 is 0 Å². The number of hydrogen-bond donors (Lipinski definition) is 1. The predicted molar refractivity (Wildman–Crippen MR) is 105 cm³/mol. The van der Waals surface area contributed by atoms with Gasteiger partial charge in [0.2, 0.25) is 0 Å². The Morgan fingerprint density at radius 1 is 1.33 bits per heavy atom. The summed E-state index contributed by atoms with van der Waals surface area (Å²) in [4.78, 5) is 18.5. The van der Waals surface area contributed by atoms with Gasteiger partial charge in [0.25, 0.3) is 0 Å². The average Bonchev–Trinajstić information content (AvgIpc) is 3.25. The van der Waals surface area contributed by atoms with Gasteiger partial charge in [-0.1, -0.05) is 6.07 Å². The summed E-state index contributed by atoms with van der Waals surface area (Å²) in [6, 6.07) is 9.48. The molecule has 0 saturated carbocycles. The highest BCUT2D eigenvalue weighted by Crippen LogP contribution is 2.38. The van der Waals surface area contributed by atoms with Crippen LogP contribution >= 0.6 is 12.2 Å². The first-order chi connectivity index (χ1) is 13.2. The number of nitrogens with zero attached hydrogens (tertiary/aromatic N) is 3. The number of thiocarbonyl (C=S) groups is 1. The molecule has 3 rings (SSSR count). The molecule has 27 heavy (non-hydrogen) atoms. The minimum atomic E-state index is -0.302. The van der Waals surface area contributed by atoms with Crippen molar-refractivity contribution < 1.29 is 14.3 Å². The quantitative estimate of drug-likeness (QED) is 0.548. The van der Waals surface area contributed by atoms with Crippen molar-refractivity contribution in [2.75, 3.05) is 26.9 Å². The van der Waals surface area contributed by atoms with Crippen molar-refractivity contribution in [1.29, 1.82) is 0 Å². The van der Waals surface area contributed by atoms with Crippen molar-refractivity contribution in [1.82, 2.24) is 19.8 Å². The Morgan fingerprint density at radius 2 is 2.19 bits per heavy atom. The van der Waals surface area contributed by atoms with Crippen molar-refractivity contribution in [2.45, 2.75) is 25.6 Å². The fourth-order valence-electron chi connectivity index (χ4n) is 3.33. The molecule has 0 spiro atoms. The zero-order valence-electron chi connectivity index (χ0n) is 15.5. The summed E-state index contributed by atoms with van der Waals surface area (Å²) in [5.41, 5.74) is 1.91. The molecule has 2 aromatic rings. The third-order valence-electron chi connectivity index (χ3n) is 4.51. The molecule has 3 heterocycles. The highest BCUT2D eigenvalue weighted by Gasteiger charge is 2.42. The van der Waals surface area contributed by atoms with E-state index in [9.17, 15) is 4.79 Å². The smallest absolute Gasteiger partial charge is 0.325 e. The molecule has 0 bridgehead atoms. The highest BCUT2D eigenvalue weighted by atomic mass is 32.1. The van der Waals surface area contributed by atoms with Gasteiger partial charge in [-0.25, -0.2) is 0 Å². The molecule has 0 unspecified atom stereocenters. The minimum Gasteiger partial charge on any atom is -0.465 e. The maximum atomic E-state index is 12.2. The van der Waals surface area contributed by atoms with Gasteiger partial charge in [0.15, 0.2) is 5.11 Å². The largest absolute Gasteiger partial charge is 0.465 e. The lowest BCUT2D eigenvalue weighted by molar-refractivity contribution is -0.143. The van der Waals surface area contributed by atoms with Crippen LogP contribution in [0.2, 0.25) is 0 Å². The van der Waals surface area contributed by atoms with Crippen LogP contribution in [0.5, 0.6) is 0 Å². The standard InChI is InChI=1S/C19H24N4O3S/c1-3-26-16(24)13-23-18(15-8-6-10-22(15)11-12-25-2)17(21-19(23)27)14-7-4-5-9-20-14/h4-10,17-18H,3,11-13H2,1-2H3,(H,21,27)/t17-,18+/m0/s1. The van der Waals surface area contributed by atoms with Crippen LogP contribution in [0.3, 0.4) is 0 Å². The Balaban J connectivity index is 1.96. The fourth-order valence-corrected chi connectivity index (χ4v) is 3.64. The van der Waals surface area contributed by atoms with Gasteiger partial charge in [-0.05, 0) is 43.4 Å². The van der Waals surface area contributed by atoms with Crippen molar-refractivity contribution in [3.63, 3.8) is 0 Å². The second-order valence-electron chi connectivity index (χ2n) is 6.18. The van der Waals surface area contributed by atoms with Gasteiger partial charge in [-0.3, -0.25) is 9.78 Å². The Kier molecular flexibility index (Phi) is 6.41. The molecule has 1 N–H and O–H groups in total. The molecule has 0 radical (unpaired) electrons. The minimum absolute atomic E-state index is 0.0864. The first kappa shape index (κ1) is 19.3. The molecule has 1 saturated heterocycles. The molecule has 1 aliphatic heterocycles. The zero-order valence-corrected chi connectivity index (χ0v) is 16.3.